The van der Waals surface area contributed by atoms with Gasteiger partial charge in [-0.1, -0.05) is 44.4 Å². The second-order valence-electron chi connectivity index (χ2n) is 6.10. The molecular formula is C18H29O2. The molecule has 1 radical (unpaired) electrons. The van der Waals surface area contributed by atoms with Crippen LogP contribution in [0.3, 0.4) is 0 Å². The fraction of sp³-hybridized carbons (Fsp3) is 0.667. The molecular weight excluding hydrogens is 248 g/mol. The summed E-state index contributed by atoms with van der Waals surface area (Å²) in [6, 6.07) is 0. The number of rotatable bonds is 11. The molecule has 0 saturated heterocycles. The van der Waals surface area contributed by atoms with Crippen molar-refractivity contribution < 1.29 is 9.59 Å². The van der Waals surface area contributed by atoms with Gasteiger partial charge in [0, 0.05) is 6.42 Å². The molecule has 0 aliphatic rings. The Bertz CT molecular complexity index is 352. The topological polar surface area (TPSA) is 34.1 Å². The summed E-state index contributed by atoms with van der Waals surface area (Å²) >= 11 is 0. The largest absolute Gasteiger partial charge is 0.303 e. The molecule has 0 fully saturated rings. The minimum Gasteiger partial charge on any atom is -0.303 e. The van der Waals surface area contributed by atoms with Gasteiger partial charge in [0.15, 0.2) is 0 Å². The van der Waals surface area contributed by atoms with Crippen molar-refractivity contribution in [3.63, 3.8) is 0 Å². The van der Waals surface area contributed by atoms with Gasteiger partial charge >= 0.3 is 0 Å². The molecule has 0 N–H and O–H groups in total. The molecule has 0 heterocycles. The predicted octanol–water partition coefficient (Wildman–Crippen LogP) is 4.80. The maximum absolute atomic E-state index is 11.7. The van der Waals surface area contributed by atoms with Gasteiger partial charge in [0.05, 0.1) is 5.41 Å². The van der Waals surface area contributed by atoms with Gasteiger partial charge in [0.1, 0.15) is 6.29 Å². The lowest BCUT2D eigenvalue weighted by Crippen LogP contribution is -2.40. The van der Waals surface area contributed by atoms with Crippen LogP contribution in [0, 0.1) is 10.8 Å². The molecule has 0 aromatic rings. The van der Waals surface area contributed by atoms with Gasteiger partial charge in [0.2, 0.25) is 6.29 Å². The summed E-state index contributed by atoms with van der Waals surface area (Å²) in [5, 5.41) is 0. The minimum absolute atomic E-state index is 0.230. The summed E-state index contributed by atoms with van der Waals surface area (Å²) in [6.45, 7) is 12.2. The smallest absolute Gasteiger partial charge is 0.206 e. The summed E-state index contributed by atoms with van der Waals surface area (Å²) in [4.78, 5) is 22.7. The molecule has 0 aromatic carbocycles. The number of unbranched alkanes of at least 4 members (excludes halogenated alkanes) is 1. The zero-order valence-corrected chi connectivity index (χ0v) is 13.5. The Balaban J connectivity index is 5.31. The number of carbonyl (C=O) groups excluding carboxylic acids is 2. The second-order valence-corrected chi connectivity index (χ2v) is 6.10. The third kappa shape index (κ3) is 4.73. The summed E-state index contributed by atoms with van der Waals surface area (Å²) in [5.41, 5.74) is 0.139. The predicted molar refractivity (Wildman–Crippen MR) is 85.3 cm³/mol. The van der Waals surface area contributed by atoms with Crippen LogP contribution in [0.15, 0.2) is 24.3 Å². The Morgan fingerprint density at radius 2 is 1.95 bits per heavy atom. The molecule has 2 heteroatoms. The van der Waals surface area contributed by atoms with Crippen LogP contribution in [-0.4, -0.2) is 12.6 Å². The molecule has 2 unspecified atom stereocenters. The van der Waals surface area contributed by atoms with Gasteiger partial charge in [-0.05, 0) is 38.5 Å². The highest BCUT2D eigenvalue weighted by Crippen LogP contribution is 2.48. The first kappa shape index (κ1) is 18.8. The quantitative estimate of drug-likeness (QED) is 0.401. The summed E-state index contributed by atoms with van der Waals surface area (Å²) < 4.78 is 0. The van der Waals surface area contributed by atoms with E-state index in [-0.39, 0.29) is 6.42 Å². The van der Waals surface area contributed by atoms with Crippen molar-refractivity contribution in [3.8, 4) is 0 Å². The van der Waals surface area contributed by atoms with Crippen molar-refractivity contribution in [3.05, 3.63) is 24.3 Å². The van der Waals surface area contributed by atoms with Gasteiger partial charge in [-0.2, -0.15) is 0 Å². The van der Waals surface area contributed by atoms with E-state index in [1.807, 2.05) is 13.0 Å². The molecule has 0 saturated carbocycles. The number of carbonyl (C=O) groups is 1. The standard InChI is InChI=1S/C18H29O2/c1-6-8-12-18(15-20,13-14-19)17(5,7-2)11-9-10-16(3)4/h7,10,14H,2,6,8-9,11-13H2,1,3-5H3. The van der Waals surface area contributed by atoms with Gasteiger partial charge in [0.25, 0.3) is 0 Å². The van der Waals surface area contributed by atoms with Crippen molar-refractivity contribution in [1.82, 2.24) is 0 Å². The van der Waals surface area contributed by atoms with Crippen molar-refractivity contribution in [1.29, 1.82) is 0 Å². The number of aldehydes is 1. The molecule has 2 nitrogen and oxygen atoms in total. The van der Waals surface area contributed by atoms with E-state index in [4.69, 9.17) is 0 Å². The van der Waals surface area contributed by atoms with Gasteiger partial charge < -0.3 is 4.79 Å². The van der Waals surface area contributed by atoms with Crippen molar-refractivity contribution in [2.45, 2.75) is 66.2 Å². The molecule has 0 aliphatic carbocycles. The Hall–Kier alpha value is -1.18. The van der Waals surface area contributed by atoms with Crippen LogP contribution >= 0.6 is 0 Å². The van der Waals surface area contributed by atoms with Crippen LogP contribution in [0.4, 0.5) is 0 Å². The number of hydrogen-bond donors (Lipinski definition) is 0. The molecule has 0 spiro atoms. The summed E-state index contributed by atoms with van der Waals surface area (Å²) in [7, 11) is 0. The zero-order valence-electron chi connectivity index (χ0n) is 13.5. The Labute approximate surface area is 124 Å². The number of hydrogen-bond acceptors (Lipinski definition) is 2. The molecule has 0 rings (SSSR count). The van der Waals surface area contributed by atoms with E-state index >= 15 is 0 Å². The van der Waals surface area contributed by atoms with Crippen LogP contribution in [-0.2, 0) is 9.59 Å². The maximum atomic E-state index is 11.7. The average Bonchev–Trinajstić information content (AvgIpc) is 2.42. The lowest BCUT2D eigenvalue weighted by molar-refractivity contribution is -0.110. The van der Waals surface area contributed by atoms with Crippen LogP contribution < -0.4 is 0 Å². The highest BCUT2D eigenvalue weighted by Gasteiger charge is 2.45. The van der Waals surface area contributed by atoms with E-state index in [9.17, 15) is 9.59 Å². The van der Waals surface area contributed by atoms with E-state index in [1.165, 1.54) is 5.57 Å². The van der Waals surface area contributed by atoms with E-state index in [0.717, 1.165) is 32.0 Å². The SMILES string of the molecule is C=CC(C)(CCC=C(C)C)C([C]=O)(CC=O)CCCC. The summed E-state index contributed by atoms with van der Waals surface area (Å²) in [6.07, 6.45) is 11.6. The van der Waals surface area contributed by atoms with Crippen molar-refractivity contribution in [2.75, 3.05) is 0 Å². The van der Waals surface area contributed by atoms with Crippen LogP contribution in [0.2, 0.25) is 0 Å². The molecule has 0 aromatic heterocycles. The molecule has 0 bridgehead atoms. The Morgan fingerprint density at radius 3 is 2.35 bits per heavy atom. The van der Waals surface area contributed by atoms with E-state index < -0.39 is 10.8 Å². The molecule has 0 aliphatic heterocycles. The lowest BCUT2D eigenvalue weighted by atomic mass is 9.59. The number of allylic oxidation sites excluding steroid dienone is 3. The molecule has 113 valence electrons. The summed E-state index contributed by atoms with van der Waals surface area (Å²) in [5.74, 6) is 0. The van der Waals surface area contributed by atoms with Crippen molar-refractivity contribution in [2.24, 2.45) is 10.8 Å². The van der Waals surface area contributed by atoms with Gasteiger partial charge in [-0.3, -0.25) is 4.79 Å². The second kappa shape index (κ2) is 8.89. The monoisotopic (exact) mass is 277 g/mol. The average molecular weight is 277 g/mol. The van der Waals surface area contributed by atoms with Gasteiger partial charge in [-0.25, -0.2) is 0 Å². The Morgan fingerprint density at radius 1 is 1.30 bits per heavy atom. The maximum Gasteiger partial charge on any atom is 0.206 e. The van der Waals surface area contributed by atoms with E-state index in [2.05, 4.69) is 39.7 Å². The Kier molecular flexibility index (Phi) is 8.36. The first-order valence-electron chi connectivity index (χ1n) is 7.51. The first-order valence-corrected chi connectivity index (χ1v) is 7.51. The third-order valence-corrected chi connectivity index (χ3v) is 4.34. The highest BCUT2D eigenvalue weighted by molar-refractivity contribution is 5.69. The molecule has 0 amide bonds. The van der Waals surface area contributed by atoms with Crippen LogP contribution in [0.5, 0.6) is 0 Å². The van der Waals surface area contributed by atoms with Crippen molar-refractivity contribution >= 4 is 12.6 Å². The van der Waals surface area contributed by atoms with Gasteiger partial charge in [-0.15, -0.1) is 6.58 Å². The fourth-order valence-electron chi connectivity index (χ4n) is 2.65. The molecule has 20 heavy (non-hydrogen) atoms. The van der Waals surface area contributed by atoms with Crippen LogP contribution in [0.1, 0.15) is 66.2 Å². The lowest BCUT2D eigenvalue weighted by Gasteiger charge is -2.42. The van der Waals surface area contributed by atoms with E-state index in [1.54, 1.807) is 0 Å². The zero-order chi connectivity index (χ0) is 15.6. The normalized spacial score (nSPS) is 16.6. The fourth-order valence-corrected chi connectivity index (χ4v) is 2.65. The highest BCUT2D eigenvalue weighted by atomic mass is 16.1. The molecule has 2 atom stereocenters. The minimum atomic E-state index is -0.734. The van der Waals surface area contributed by atoms with Crippen LogP contribution in [0.25, 0.3) is 0 Å². The van der Waals surface area contributed by atoms with E-state index in [0.29, 0.717) is 6.42 Å². The third-order valence-electron chi connectivity index (χ3n) is 4.34. The first-order chi connectivity index (χ1) is 9.41.